The van der Waals surface area contributed by atoms with Crippen molar-refractivity contribution < 1.29 is 4.39 Å². The van der Waals surface area contributed by atoms with Crippen LogP contribution in [0, 0.1) is 24.1 Å². The molecule has 2 aromatic rings. The zero-order valence-corrected chi connectivity index (χ0v) is 12.1. The maximum absolute atomic E-state index is 14.0. The summed E-state index contributed by atoms with van der Waals surface area (Å²) in [5, 5.41) is 15.9. The van der Waals surface area contributed by atoms with Crippen LogP contribution >= 0.6 is 15.9 Å². The van der Waals surface area contributed by atoms with Gasteiger partial charge in [-0.25, -0.2) is 4.39 Å². The standard InChI is InChI=1S/C13H12BrFN4/c1-8-10(7-18-19(8)2)6-17-11-4-3-9(5-16)12(14)13(11)15/h3-4,7,17H,6H2,1-2H3. The van der Waals surface area contributed by atoms with Crippen LogP contribution in [0.5, 0.6) is 0 Å². The molecule has 0 atom stereocenters. The zero-order valence-electron chi connectivity index (χ0n) is 10.5. The van der Waals surface area contributed by atoms with Gasteiger partial charge in [0.15, 0.2) is 5.82 Å². The average Bonchev–Trinajstić information content (AvgIpc) is 2.72. The zero-order chi connectivity index (χ0) is 14.0. The molecule has 98 valence electrons. The summed E-state index contributed by atoms with van der Waals surface area (Å²) in [6.07, 6.45) is 1.75. The van der Waals surface area contributed by atoms with Crippen molar-refractivity contribution in [2.24, 2.45) is 7.05 Å². The van der Waals surface area contributed by atoms with Crippen LogP contribution in [0.2, 0.25) is 0 Å². The number of benzene rings is 1. The van der Waals surface area contributed by atoms with Crippen molar-refractivity contribution >= 4 is 21.6 Å². The van der Waals surface area contributed by atoms with E-state index in [2.05, 4.69) is 26.3 Å². The Hall–Kier alpha value is -1.87. The topological polar surface area (TPSA) is 53.6 Å². The number of hydrogen-bond donors (Lipinski definition) is 1. The molecular formula is C13H12BrFN4. The van der Waals surface area contributed by atoms with Crippen molar-refractivity contribution in [3.05, 3.63) is 45.4 Å². The predicted molar refractivity (Wildman–Crippen MR) is 74.1 cm³/mol. The van der Waals surface area contributed by atoms with Gasteiger partial charge in [0.05, 0.1) is 21.9 Å². The average molecular weight is 323 g/mol. The van der Waals surface area contributed by atoms with Gasteiger partial charge in [0.25, 0.3) is 0 Å². The quantitative estimate of drug-likeness (QED) is 0.944. The normalized spacial score (nSPS) is 10.3. The summed E-state index contributed by atoms with van der Waals surface area (Å²) in [5.41, 5.74) is 2.66. The molecule has 0 spiro atoms. The number of nitriles is 1. The molecule has 0 unspecified atom stereocenters. The molecule has 0 bridgehead atoms. The second-order valence-electron chi connectivity index (χ2n) is 4.13. The lowest BCUT2D eigenvalue weighted by Crippen LogP contribution is -2.04. The largest absolute Gasteiger partial charge is 0.378 e. The van der Waals surface area contributed by atoms with E-state index in [1.54, 1.807) is 23.0 Å². The van der Waals surface area contributed by atoms with Gasteiger partial charge >= 0.3 is 0 Å². The van der Waals surface area contributed by atoms with Crippen molar-refractivity contribution in [3.8, 4) is 6.07 Å². The van der Waals surface area contributed by atoms with Crippen LogP contribution in [0.15, 0.2) is 22.8 Å². The van der Waals surface area contributed by atoms with E-state index < -0.39 is 5.82 Å². The molecule has 1 aromatic carbocycles. The summed E-state index contributed by atoms with van der Waals surface area (Å²) in [6.45, 7) is 2.43. The first-order valence-electron chi connectivity index (χ1n) is 5.64. The van der Waals surface area contributed by atoms with Gasteiger partial charge in [-0.1, -0.05) is 0 Å². The lowest BCUT2D eigenvalue weighted by molar-refractivity contribution is 0.623. The molecule has 0 aliphatic heterocycles. The second-order valence-corrected chi connectivity index (χ2v) is 4.93. The Bertz CT molecular complexity index is 657. The van der Waals surface area contributed by atoms with E-state index in [4.69, 9.17) is 5.26 Å². The Labute approximate surface area is 119 Å². The number of halogens is 2. The number of rotatable bonds is 3. The van der Waals surface area contributed by atoms with Gasteiger partial charge in [-0.05, 0) is 35.0 Å². The first-order chi connectivity index (χ1) is 9.04. The Morgan fingerprint density at radius 1 is 1.53 bits per heavy atom. The van der Waals surface area contributed by atoms with Crippen molar-refractivity contribution in [1.29, 1.82) is 5.26 Å². The monoisotopic (exact) mass is 322 g/mol. The number of aromatic nitrogens is 2. The molecule has 1 N–H and O–H groups in total. The Balaban J connectivity index is 2.19. The van der Waals surface area contributed by atoms with Crippen molar-refractivity contribution in [2.45, 2.75) is 13.5 Å². The van der Waals surface area contributed by atoms with Gasteiger partial charge in [0, 0.05) is 24.8 Å². The van der Waals surface area contributed by atoms with Gasteiger partial charge in [0.2, 0.25) is 0 Å². The van der Waals surface area contributed by atoms with E-state index in [1.807, 2.05) is 20.0 Å². The maximum atomic E-state index is 14.0. The van der Waals surface area contributed by atoms with E-state index in [0.717, 1.165) is 11.3 Å². The molecule has 1 heterocycles. The van der Waals surface area contributed by atoms with Crippen LogP contribution < -0.4 is 5.32 Å². The van der Waals surface area contributed by atoms with Crippen molar-refractivity contribution in [3.63, 3.8) is 0 Å². The Morgan fingerprint density at radius 2 is 2.26 bits per heavy atom. The van der Waals surface area contributed by atoms with E-state index in [1.165, 1.54) is 0 Å². The highest BCUT2D eigenvalue weighted by molar-refractivity contribution is 9.10. The molecule has 6 heteroatoms. The number of hydrogen-bond acceptors (Lipinski definition) is 3. The Kier molecular flexibility index (Phi) is 3.86. The van der Waals surface area contributed by atoms with Crippen LogP contribution in [0.25, 0.3) is 0 Å². The minimum atomic E-state index is -0.458. The van der Waals surface area contributed by atoms with E-state index >= 15 is 0 Å². The molecule has 2 rings (SSSR count). The highest BCUT2D eigenvalue weighted by Gasteiger charge is 2.11. The molecule has 0 aliphatic carbocycles. The summed E-state index contributed by atoms with van der Waals surface area (Å²) in [6, 6.07) is 5.06. The van der Waals surface area contributed by atoms with Crippen LogP contribution in [0.4, 0.5) is 10.1 Å². The fourth-order valence-electron chi connectivity index (χ4n) is 1.68. The predicted octanol–water partition coefficient (Wildman–Crippen LogP) is 3.11. The first-order valence-corrected chi connectivity index (χ1v) is 6.43. The van der Waals surface area contributed by atoms with E-state index in [9.17, 15) is 4.39 Å². The molecular weight excluding hydrogens is 311 g/mol. The van der Waals surface area contributed by atoms with Gasteiger partial charge in [-0.15, -0.1) is 0 Å². The van der Waals surface area contributed by atoms with Gasteiger partial charge in [-0.2, -0.15) is 10.4 Å². The van der Waals surface area contributed by atoms with Crippen LogP contribution in [0.1, 0.15) is 16.8 Å². The van der Waals surface area contributed by atoms with Crippen LogP contribution in [-0.4, -0.2) is 9.78 Å². The van der Waals surface area contributed by atoms with Crippen LogP contribution in [0.3, 0.4) is 0 Å². The van der Waals surface area contributed by atoms with Crippen molar-refractivity contribution in [2.75, 3.05) is 5.32 Å². The molecule has 0 fully saturated rings. The smallest absolute Gasteiger partial charge is 0.161 e. The fraction of sp³-hybridized carbons (Fsp3) is 0.231. The molecule has 0 radical (unpaired) electrons. The fourth-order valence-corrected chi connectivity index (χ4v) is 2.11. The summed E-state index contributed by atoms with van der Waals surface area (Å²) < 4.78 is 15.9. The third-order valence-corrected chi connectivity index (χ3v) is 3.78. The summed E-state index contributed by atoms with van der Waals surface area (Å²) in [4.78, 5) is 0. The maximum Gasteiger partial charge on any atom is 0.161 e. The molecule has 4 nitrogen and oxygen atoms in total. The molecule has 0 saturated heterocycles. The minimum Gasteiger partial charge on any atom is -0.378 e. The van der Waals surface area contributed by atoms with Gasteiger partial charge < -0.3 is 5.32 Å². The molecule has 19 heavy (non-hydrogen) atoms. The van der Waals surface area contributed by atoms with E-state index in [-0.39, 0.29) is 10.0 Å². The first kappa shape index (κ1) is 13.6. The minimum absolute atomic E-state index is 0.183. The highest BCUT2D eigenvalue weighted by atomic mass is 79.9. The number of nitrogens with one attached hydrogen (secondary N) is 1. The van der Waals surface area contributed by atoms with Crippen molar-refractivity contribution in [1.82, 2.24) is 9.78 Å². The van der Waals surface area contributed by atoms with Gasteiger partial charge in [0.1, 0.15) is 6.07 Å². The summed E-state index contributed by atoms with van der Waals surface area (Å²) >= 11 is 3.08. The summed E-state index contributed by atoms with van der Waals surface area (Å²) in [5.74, 6) is -0.458. The lowest BCUT2D eigenvalue weighted by atomic mass is 10.2. The number of anilines is 1. The van der Waals surface area contributed by atoms with Gasteiger partial charge in [-0.3, -0.25) is 4.68 Å². The van der Waals surface area contributed by atoms with E-state index in [0.29, 0.717) is 12.2 Å². The third-order valence-electron chi connectivity index (χ3n) is 3.01. The molecule has 0 saturated carbocycles. The highest BCUT2D eigenvalue weighted by Crippen LogP contribution is 2.27. The number of nitrogens with zero attached hydrogens (tertiary/aromatic N) is 3. The molecule has 0 aliphatic rings. The third kappa shape index (κ3) is 2.61. The SMILES string of the molecule is Cc1c(CNc2ccc(C#N)c(Br)c2F)cnn1C. The lowest BCUT2D eigenvalue weighted by Gasteiger charge is -2.09. The number of aryl methyl sites for hydroxylation is 1. The summed E-state index contributed by atoms with van der Waals surface area (Å²) in [7, 11) is 1.86. The van der Waals surface area contributed by atoms with Crippen LogP contribution in [-0.2, 0) is 13.6 Å². The Morgan fingerprint density at radius 3 is 2.84 bits per heavy atom. The molecule has 0 amide bonds. The second kappa shape index (κ2) is 5.41. The molecule has 1 aromatic heterocycles.